The number of amides is 2. The number of benzene rings is 1. The molecule has 0 saturated carbocycles. The van der Waals surface area contributed by atoms with E-state index in [1.807, 2.05) is 57.2 Å². The summed E-state index contributed by atoms with van der Waals surface area (Å²) in [5.74, 6) is -0.318. The maximum absolute atomic E-state index is 12.3. The molecule has 6 heteroatoms. The highest BCUT2D eigenvalue weighted by molar-refractivity contribution is 5.94. The van der Waals surface area contributed by atoms with Crippen molar-refractivity contribution in [1.82, 2.24) is 20.6 Å². The van der Waals surface area contributed by atoms with Gasteiger partial charge >= 0.3 is 0 Å². The Bertz CT molecular complexity index is 981. The summed E-state index contributed by atoms with van der Waals surface area (Å²) >= 11 is 0. The number of aryl methyl sites for hydroxylation is 2. The van der Waals surface area contributed by atoms with Crippen molar-refractivity contribution in [2.45, 2.75) is 33.4 Å². The highest BCUT2D eigenvalue weighted by Gasteiger charge is 2.12. The van der Waals surface area contributed by atoms with Crippen molar-refractivity contribution in [1.29, 1.82) is 0 Å². The third-order valence-corrected chi connectivity index (χ3v) is 4.63. The first-order valence-corrected chi connectivity index (χ1v) is 9.45. The Labute approximate surface area is 170 Å². The maximum Gasteiger partial charge on any atom is 0.253 e. The van der Waals surface area contributed by atoms with Gasteiger partial charge in [0.1, 0.15) is 0 Å². The van der Waals surface area contributed by atoms with E-state index >= 15 is 0 Å². The summed E-state index contributed by atoms with van der Waals surface area (Å²) in [6, 6.07) is 14.8. The van der Waals surface area contributed by atoms with Crippen LogP contribution in [-0.2, 0) is 6.54 Å². The molecule has 1 unspecified atom stereocenters. The second kappa shape index (κ2) is 9.10. The molecule has 0 aliphatic heterocycles. The second-order valence-corrected chi connectivity index (χ2v) is 7.00. The fraction of sp³-hybridized carbons (Fsp3) is 0.217. The first-order chi connectivity index (χ1) is 13.9. The predicted octanol–water partition coefficient (Wildman–Crippen LogP) is 3.51. The summed E-state index contributed by atoms with van der Waals surface area (Å²) in [5.41, 5.74) is 4.77. The van der Waals surface area contributed by atoms with Gasteiger partial charge in [-0.05, 0) is 56.2 Å². The van der Waals surface area contributed by atoms with Gasteiger partial charge < -0.3 is 10.6 Å². The Morgan fingerprint density at radius 3 is 1.90 bits per heavy atom. The largest absolute Gasteiger partial charge is 0.348 e. The Balaban J connectivity index is 1.55. The number of hydrogen-bond acceptors (Lipinski definition) is 4. The minimum absolute atomic E-state index is 0.147. The van der Waals surface area contributed by atoms with Crippen LogP contribution in [-0.4, -0.2) is 21.8 Å². The van der Waals surface area contributed by atoms with Crippen LogP contribution in [0.1, 0.15) is 56.2 Å². The van der Waals surface area contributed by atoms with Crippen LogP contribution in [0.3, 0.4) is 0 Å². The average Bonchev–Trinajstić information content (AvgIpc) is 2.73. The Morgan fingerprint density at radius 2 is 1.38 bits per heavy atom. The zero-order valence-corrected chi connectivity index (χ0v) is 16.8. The number of aromatic nitrogens is 2. The van der Waals surface area contributed by atoms with E-state index in [2.05, 4.69) is 20.6 Å². The topological polar surface area (TPSA) is 84.0 Å². The summed E-state index contributed by atoms with van der Waals surface area (Å²) in [5, 5.41) is 5.86. The van der Waals surface area contributed by atoms with Crippen LogP contribution in [0.25, 0.3) is 0 Å². The highest BCUT2D eigenvalue weighted by atomic mass is 16.2. The van der Waals surface area contributed by atoms with Crippen LogP contribution in [0.4, 0.5) is 0 Å². The van der Waals surface area contributed by atoms with Gasteiger partial charge in [0.2, 0.25) is 0 Å². The molecule has 0 radical (unpaired) electrons. The third kappa shape index (κ3) is 5.48. The molecule has 0 aliphatic rings. The molecular formula is C23H24N4O2. The van der Waals surface area contributed by atoms with Gasteiger partial charge in [-0.2, -0.15) is 0 Å². The number of nitrogens with one attached hydrogen (secondary N) is 2. The van der Waals surface area contributed by atoms with Crippen LogP contribution in [0, 0.1) is 13.8 Å². The van der Waals surface area contributed by atoms with Crippen molar-refractivity contribution in [3.8, 4) is 0 Å². The zero-order chi connectivity index (χ0) is 20.8. The summed E-state index contributed by atoms with van der Waals surface area (Å²) in [4.78, 5) is 32.8. The summed E-state index contributed by atoms with van der Waals surface area (Å²) in [6.07, 6.45) is 3.15. The van der Waals surface area contributed by atoms with E-state index in [4.69, 9.17) is 0 Å². The lowest BCUT2D eigenvalue weighted by atomic mass is 10.1. The standard InChI is InChI=1S/C23H24N4O2/c1-15-4-8-20(13-24-15)22(28)26-12-18-6-10-19(11-7-18)17(3)27-23(29)21-9-5-16(2)25-14-21/h4-11,13-14,17H,12H2,1-3H3,(H,26,28)(H,27,29). The average molecular weight is 388 g/mol. The lowest BCUT2D eigenvalue weighted by molar-refractivity contribution is 0.0934. The minimum atomic E-state index is -0.159. The van der Waals surface area contributed by atoms with Crippen molar-refractivity contribution in [2.24, 2.45) is 0 Å². The molecule has 2 N–H and O–H groups in total. The molecule has 148 valence electrons. The predicted molar refractivity (Wildman–Crippen MR) is 111 cm³/mol. The summed E-state index contributed by atoms with van der Waals surface area (Å²) in [7, 11) is 0. The Kier molecular flexibility index (Phi) is 6.34. The molecule has 2 aromatic heterocycles. The molecule has 0 fully saturated rings. The molecule has 0 bridgehead atoms. The van der Waals surface area contributed by atoms with Crippen LogP contribution in [0.15, 0.2) is 60.9 Å². The maximum atomic E-state index is 12.3. The number of carbonyl (C=O) groups excluding carboxylic acids is 2. The summed E-state index contributed by atoms with van der Waals surface area (Å²) < 4.78 is 0. The number of nitrogens with zero attached hydrogens (tertiary/aromatic N) is 2. The van der Waals surface area contributed by atoms with E-state index in [9.17, 15) is 9.59 Å². The first kappa shape index (κ1) is 20.2. The molecule has 1 aromatic carbocycles. The molecular weight excluding hydrogens is 364 g/mol. The van der Waals surface area contributed by atoms with E-state index in [1.165, 1.54) is 0 Å². The van der Waals surface area contributed by atoms with E-state index in [1.54, 1.807) is 24.5 Å². The van der Waals surface area contributed by atoms with Gasteiger partial charge in [-0.1, -0.05) is 24.3 Å². The number of rotatable bonds is 6. The first-order valence-electron chi connectivity index (χ1n) is 9.45. The molecule has 0 aliphatic carbocycles. The van der Waals surface area contributed by atoms with Crippen molar-refractivity contribution in [3.05, 3.63) is 94.6 Å². The molecule has 2 heterocycles. The Hall–Kier alpha value is -3.54. The molecule has 1 atom stereocenters. The van der Waals surface area contributed by atoms with Crippen molar-refractivity contribution < 1.29 is 9.59 Å². The minimum Gasteiger partial charge on any atom is -0.348 e. The molecule has 6 nitrogen and oxygen atoms in total. The van der Waals surface area contributed by atoms with Crippen LogP contribution >= 0.6 is 0 Å². The van der Waals surface area contributed by atoms with Gasteiger partial charge in [-0.15, -0.1) is 0 Å². The third-order valence-electron chi connectivity index (χ3n) is 4.63. The lowest BCUT2D eigenvalue weighted by Gasteiger charge is -2.15. The molecule has 3 rings (SSSR count). The van der Waals surface area contributed by atoms with Crippen LogP contribution in [0.2, 0.25) is 0 Å². The quantitative estimate of drug-likeness (QED) is 0.677. The fourth-order valence-corrected chi connectivity index (χ4v) is 2.78. The lowest BCUT2D eigenvalue weighted by Crippen LogP contribution is -2.27. The normalized spacial score (nSPS) is 11.6. The van der Waals surface area contributed by atoms with Crippen LogP contribution in [0.5, 0.6) is 0 Å². The molecule has 2 amide bonds. The second-order valence-electron chi connectivity index (χ2n) is 7.00. The van der Waals surface area contributed by atoms with Crippen molar-refractivity contribution in [3.63, 3.8) is 0 Å². The highest BCUT2D eigenvalue weighted by Crippen LogP contribution is 2.14. The number of hydrogen-bond donors (Lipinski definition) is 2. The molecule has 0 spiro atoms. The SMILES string of the molecule is Cc1ccc(C(=O)NCc2ccc(C(C)NC(=O)c3ccc(C)nc3)cc2)cn1. The van der Waals surface area contributed by atoms with E-state index in [-0.39, 0.29) is 17.9 Å². The van der Waals surface area contributed by atoms with Crippen LogP contribution < -0.4 is 10.6 Å². The molecule has 29 heavy (non-hydrogen) atoms. The molecule has 3 aromatic rings. The van der Waals surface area contributed by atoms with E-state index < -0.39 is 0 Å². The number of pyridine rings is 2. The smallest absolute Gasteiger partial charge is 0.253 e. The van der Waals surface area contributed by atoms with E-state index in [0.717, 1.165) is 22.5 Å². The van der Waals surface area contributed by atoms with Gasteiger partial charge in [0.25, 0.3) is 11.8 Å². The van der Waals surface area contributed by atoms with Gasteiger partial charge in [0, 0.05) is 30.3 Å². The number of carbonyl (C=O) groups is 2. The van der Waals surface area contributed by atoms with E-state index in [0.29, 0.717) is 17.7 Å². The zero-order valence-electron chi connectivity index (χ0n) is 16.8. The Morgan fingerprint density at radius 1 is 0.828 bits per heavy atom. The fourth-order valence-electron chi connectivity index (χ4n) is 2.78. The summed E-state index contributed by atoms with van der Waals surface area (Å²) in [6.45, 7) is 6.11. The van der Waals surface area contributed by atoms with Crippen molar-refractivity contribution in [2.75, 3.05) is 0 Å². The van der Waals surface area contributed by atoms with Gasteiger partial charge in [-0.25, -0.2) is 0 Å². The van der Waals surface area contributed by atoms with Crippen molar-refractivity contribution >= 4 is 11.8 Å². The van der Waals surface area contributed by atoms with Gasteiger partial charge in [-0.3, -0.25) is 19.6 Å². The molecule has 0 saturated heterocycles. The van der Waals surface area contributed by atoms with Gasteiger partial charge in [0.05, 0.1) is 17.2 Å². The van der Waals surface area contributed by atoms with Gasteiger partial charge in [0.15, 0.2) is 0 Å². The monoisotopic (exact) mass is 388 g/mol.